The molecule has 0 N–H and O–H groups in total. The van der Waals surface area contributed by atoms with Crippen LogP contribution in [0.1, 0.15) is 42.6 Å². The van der Waals surface area contributed by atoms with Gasteiger partial charge >= 0.3 is 0 Å². The number of nitro groups is 1. The van der Waals surface area contributed by atoms with E-state index in [9.17, 15) is 23.3 Å². The van der Waals surface area contributed by atoms with Crippen molar-refractivity contribution < 1.29 is 18.1 Å². The Bertz CT molecular complexity index is 951. The number of carbonyl (C=O) groups is 1. The molecule has 0 unspecified atom stereocenters. The lowest BCUT2D eigenvalue weighted by atomic mass is 10.0. The average molecular weight is 404 g/mol. The van der Waals surface area contributed by atoms with Crippen molar-refractivity contribution >= 4 is 21.5 Å². The lowest BCUT2D eigenvalue weighted by Gasteiger charge is -2.21. The molecule has 2 aromatic rings. The molecule has 150 valence electrons. The van der Waals surface area contributed by atoms with E-state index in [1.165, 1.54) is 34.6 Å². The summed E-state index contributed by atoms with van der Waals surface area (Å²) >= 11 is 0. The molecule has 0 heterocycles. The Kier molecular flexibility index (Phi) is 7.42. The summed E-state index contributed by atoms with van der Waals surface area (Å²) in [5, 5.41) is 10.9. The molecule has 2 aromatic carbocycles. The molecular weight excluding hydrogens is 380 g/mol. The fraction of sp³-hybridized carbons (Fsp3) is 0.350. The maximum atomic E-state index is 12.9. The maximum Gasteiger partial charge on any atom is 0.269 e. The first-order chi connectivity index (χ1) is 13.3. The normalized spacial score (nSPS) is 11.5. The molecule has 0 amide bonds. The number of hydrogen-bond donors (Lipinski definition) is 0. The van der Waals surface area contributed by atoms with Gasteiger partial charge in [-0.25, -0.2) is 8.42 Å². The van der Waals surface area contributed by atoms with Crippen LogP contribution >= 0.6 is 0 Å². The Morgan fingerprint density at radius 1 is 1.04 bits per heavy atom. The second kappa shape index (κ2) is 9.57. The van der Waals surface area contributed by atoms with Gasteiger partial charge in [0, 0.05) is 37.2 Å². The number of nitro benzene ring substituents is 1. The first-order valence-electron chi connectivity index (χ1n) is 9.16. The number of nitrogens with zero attached hydrogens (tertiary/aromatic N) is 2. The van der Waals surface area contributed by atoms with Gasteiger partial charge in [-0.05, 0) is 30.5 Å². The highest BCUT2D eigenvalue weighted by Crippen LogP contribution is 2.20. The summed E-state index contributed by atoms with van der Waals surface area (Å²) < 4.78 is 27.2. The highest BCUT2D eigenvalue weighted by molar-refractivity contribution is 7.89. The van der Waals surface area contributed by atoms with Gasteiger partial charge in [0.15, 0.2) is 5.78 Å². The molecule has 2 rings (SSSR count). The van der Waals surface area contributed by atoms with Crippen molar-refractivity contribution in [2.45, 2.75) is 38.0 Å². The van der Waals surface area contributed by atoms with Gasteiger partial charge in [0.1, 0.15) is 0 Å². The number of benzene rings is 2. The van der Waals surface area contributed by atoms with Gasteiger partial charge < -0.3 is 0 Å². The summed E-state index contributed by atoms with van der Waals surface area (Å²) in [7, 11) is -3.68. The molecule has 7 nitrogen and oxygen atoms in total. The van der Waals surface area contributed by atoms with Crippen LogP contribution in [-0.4, -0.2) is 36.5 Å². The minimum atomic E-state index is -3.68. The molecule has 0 atom stereocenters. The molecule has 8 heteroatoms. The van der Waals surface area contributed by atoms with Crippen LogP contribution < -0.4 is 0 Å². The first kappa shape index (κ1) is 21.7. The monoisotopic (exact) mass is 404 g/mol. The topological polar surface area (TPSA) is 97.6 Å². The Labute approximate surface area is 165 Å². The standard InChI is InChI=1S/C20H24N2O5S/c1-3-11-21(12-4-2)28(26,27)19-10-6-8-17(15-19)20(23)14-16-7-5-9-18(13-16)22(24)25/h5-10,13,15H,3-4,11-12,14H2,1-2H3. The van der Waals surface area contributed by atoms with E-state index in [4.69, 9.17) is 0 Å². The fourth-order valence-corrected chi connectivity index (χ4v) is 4.57. The molecule has 0 aliphatic carbocycles. The predicted molar refractivity (Wildman–Crippen MR) is 107 cm³/mol. The summed E-state index contributed by atoms with van der Waals surface area (Å²) in [4.78, 5) is 23.1. The quantitative estimate of drug-likeness (QED) is 0.340. The van der Waals surface area contributed by atoms with Gasteiger partial charge in [-0.1, -0.05) is 38.1 Å². The largest absolute Gasteiger partial charge is 0.294 e. The van der Waals surface area contributed by atoms with Gasteiger partial charge in [-0.15, -0.1) is 0 Å². The van der Waals surface area contributed by atoms with Crippen LogP contribution in [0, 0.1) is 10.1 Å². The maximum absolute atomic E-state index is 12.9. The average Bonchev–Trinajstić information content (AvgIpc) is 2.68. The Balaban J connectivity index is 2.28. The van der Waals surface area contributed by atoms with Crippen molar-refractivity contribution in [1.82, 2.24) is 4.31 Å². The van der Waals surface area contributed by atoms with E-state index in [0.29, 0.717) is 31.5 Å². The highest BCUT2D eigenvalue weighted by Gasteiger charge is 2.24. The Morgan fingerprint density at radius 3 is 2.29 bits per heavy atom. The third-order valence-corrected chi connectivity index (χ3v) is 6.12. The van der Waals surface area contributed by atoms with E-state index in [0.717, 1.165) is 0 Å². The zero-order chi connectivity index (χ0) is 20.7. The smallest absolute Gasteiger partial charge is 0.269 e. The van der Waals surface area contributed by atoms with Gasteiger partial charge in [0.25, 0.3) is 5.69 Å². The molecule has 0 bridgehead atoms. The zero-order valence-corrected chi connectivity index (χ0v) is 16.8. The van der Waals surface area contributed by atoms with Crippen LogP contribution in [0.15, 0.2) is 53.4 Å². The minimum Gasteiger partial charge on any atom is -0.294 e. The summed E-state index contributed by atoms with van der Waals surface area (Å²) in [6, 6.07) is 11.8. The molecule has 0 fully saturated rings. The number of carbonyl (C=O) groups excluding carboxylic acids is 1. The summed E-state index contributed by atoms with van der Waals surface area (Å²) in [6.45, 7) is 4.67. The van der Waals surface area contributed by atoms with Crippen LogP contribution in [0.25, 0.3) is 0 Å². The number of rotatable bonds is 10. The highest BCUT2D eigenvalue weighted by atomic mass is 32.2. The molecule has 0 saturated heterocycles. The summed E-state index contributed by atoms with van der Waals surface area (Å²) in [5.41, 5.74) is 0.683. The number of Topliss-reactive ketones (excluding diaryl/α,β-unsaturated/α-hetero) is 1. The lowest BCUT2D eigenvalue weighted by Crippen LogP contribution is -2.32. The van der Waals surface area contributed by atoms with Crippen molar-refractivity contribution in [3.05, 3.63) is 69.8 Å². The van der Waals surface area contributed by atoms with E-state index in [-0.39, 0.29) is 28.4 Å². The Hall–Kier alpha value is -2.58. The Morgan fingerprint density at radius 2 is 1.68 bits per heavy atom. The summed E-state index contributed by atoms with van der Waals surface area (Å²) in [6.07, 6.45) is 1.36. The lowest BCUT2D eigenvalue weighted by molar-refractivity contribution is -0.384. The molecule has 0 saturated carbocycles. The second-order valence-corrected chi connectivity index (χ2v) is 8.40. The number of non-ortho nitro benzene ring substituents is 1. The second-order valence-electron chi connectivity index (χ2n) is 6.46. The van der Waals surface area contributed by atoms with Gasteiger partial charge in [0.2, 0.25) is 10.0 Å². The summed E-state index contributed by atoms with van der Waals surface area (Å²) in [5.74, 6) is -0.296. The van der Waals surface area contributed by atoms with Crippen LogP contribution in [-0.2, 0) is 16.4 Å². The molecule has 0 aromatic heterocycles. The minimum absolute atomic E-state index is 0.0428. The molecule has 0 spiro atoms. The molecule has 0 aliphatic rings. The van der Waals surface area contributed by atoms with Crippen LogP contribution in [0.3, 0.4) is 0 Å². The molecule has 0 aliphatic heterocycles. The van der Waals surface area contributed by atoms with Crippen molar-refractivity contribution in [2.75, 3.05) is 13.1 Å². The van der Waals surface area contributed by atoms with Gasteiger partial charge in [-0.3, -0.25) is 14.9 Å². The zero-order valence-electron chi connectivity index (χ0n) is 16.0. The molecule has 0 radical (unpaired) electrons. The van der Waals surface area contributed by atoms with Crippen LogP contribution in [0.4, 0.5) is 5.69 Å². The SMILES string of the molecule is CCCN(CCC)S(=O)(=O)c1cccc(C(=O)Cc2cccc([N+](=O)[O-])c2)c1. The van der Waals surface area contributed by atoms with Crippen LogP contribution in [0.5, 0.6) is 0 Å². The van der Waals surface area contributed by atoms with Gasteiger partial charge in [0.05, 0.1) is 9.82 Å². The van der Waals surface area contributed by atoms with E-state index < -0.39 is 14.9 Å². The third-order valence-electron chi connectivity index (χ3n) is 4.23. The number of sulfonamides is 1. The fourth-order valence-electron chi connectivity index (χ4n) is 2.90. The van der Waals surface area contributed by atoms with E-state index in [1.54, 1.807) is 18.2 Å². The molecule has 28 heavy (non-hydrogen) atoms. The van der Waals surface area contributed by atoms with E-state index in [2.05, 4.69) is 0 Å². The van der Waals surface area contributed by atoms with E-state index >= 15 is 0 Å². The van der Waals surface area contributed by atoms with Crippen molar-refractivity contribution in [3.8, 4) is 0 Å². The van der Waals surface area contributed by atoms with Crippen molar-refractivity contribution in [3.63, 3.8) is 0 Å². The van der Waals surface area contributed by atoms with E-state index in [1.807, 2.05) is 13.8 Å². The van der Waals surface area contributed by atoms with Crippen LogP contribution in [0.2, 0.25) is 0 Å². The molecular formula is C20H24N2O5S. The third kappa shape index (κ3) is 5.24. The number of hydrogen-bond acceptors (Lipinski definition) is 5. The predicted octanol–water partition coefficient (Wildman–Crippen LogP) is 3.83. The van der Waals surface area contributed by atoms with Gasteiger partial charge in [-0.2, -0.15) is 4.31 Å². The van der Waals surface area contributed by atoms with Crippen molar-refractivity contribution in [1.29, 1.82) is 0 Å². The van der Waals surface area contributed by atoms with Crippen molar-refractivity contribution in [2.24, 2.45) is 0 Å². The number of ketones is 1. The first-order valence-corrected chi connectivity index (χ1v) is 10.6.